The first-order chi connectivity index (χ1) is 8.29. The molecule has 0 radical (unpaired) electrons. The molecule has 2 aromatic rings. The Bertz CT molecular complexity index is 632. The summed E-state index contributed by atoms with van der Waals surface area (Å²) in [6, 6.07) is 4.95. The number of aromatic nitrogens is 1. The van der Waals surface area contributed by atoms with Crippen LogP contribution in [-0.2, 0) is 6.18 Å². The van der Waals surface area contributed by atoms with Gasteiger partial charge < -0.3 is 5.73 Å². The second-order valence-corrected chi connectivity index (χ2v) is 3.97. The number of fused-ring (bicyclic) bond motifs is 1. The normalized spacial score (nSPS) is 11.8. The van der Waals surface area contributed by atoms with Gasteiger partial charge in [0.05, 0.1) is 11.1 Å². The van der Waals surface area contributed by atoms with Gasteiger partial charge in [0.15, 0.2) is 0 Å². The Balaban J connectivity index is 2.72. The summed E-state index contributed by atoms with van der Waals surface area (Å²) in [5, 5.41) is 7.90. The molecule has 0 aliphatic rings. The summed E-state index contributed by atoms with van der Waals surface area (Å²) < 4.78 is 37.7. The van der Waals surface area contributed by atoms with Gasteiger partial charge in [-0.1, -0.05) is 6.07 Å². The number of benzene rings is 1. The van der Waals surface area contributed by atoms with E-state index in [-0.39, 0.29) is 17.0 Å². The van der Waals surface area contributed by atoms with E-state index in [1.165, 1.54) is 6.07 Å². The Kier molecular flexibility index (Phi) is 2.73. The van der Waals surface area contributed by atoms with Gasteiger partial charge in [-0.3, -0.25) is 5.41 Å². The molecule has 0 saturated carbocycles. The van der Waals surface area contributed by atoms with Gasteiger partial charge in [-0.2, -0.15) is 13.2 Å². The fourth-order valence-electron chi connectivity index (χ4n) is 1.72. The van der Waals surface area contributed by atoms with Gasteiger partial charge in [0.25, 0.3) is 0 Å². The van der Waals surface area contributed by atoms with Crippen molar-refractivity contribution in [3.63, 3.8) is 0 Å². The van der Waals surface area contributed by atoms with Crippen LogP contribution in [0, 0.1) is 12.3 Å². The van der Waals surface area contributed by atoms with E-state index in [1.807, 2.05) is 0 Å². The molecule has 0 fully saturated rings. The zero-order chi connectivity index (χ0) is 13.5. The molecule has 0 unspecified atom stereocenters. The number of nitrogens with one attached hydrogen (secondary N) is 1. The Labute approximate surface area is 101 Å². The lowest BCUT2D eigenvalue weighted by molar-refractivity contribution is -0.137. The standard InChI is InChI=1S/C12H10F3N3/c1-6-4-10(11(16)17)18-9-5-7(12(13,14)15)2-3-8(6)9/h2-5H,1H3,(H3,16,17). The molecule has 2 rings (SSSR count). The summed E-state index contributed by atoms with van der Waals surface area (Å²) in [6.07, 6.45) is -4.41. The van der Waals surface area contributed by atoms with E-state index >= 15 is 0 Å². The molecule has 0 atom stereocenters. The van der Waals surface area contributed by atoms with Gasteiger partial charge in [-0.05, 0) is 30.7 Å². The first kappa shape index (κ1) is 12.3. The van der Waals surface area contributed by atoms with Gasteiger partial charge in [0, 0.05) is 5.39 Å². The Morgan fingerprint density at radius 3 is 2.50 bits per heavy atom. The number of amidine groups is 1. The van der Waals surface area contributed by atoms with Crippen molar-refractivity contribution in [3.8, 4) is 0 Å². The molecule has 3 N–H and O–H groups in total. The predicted octanol–water partition coefficient (Wildman–Crippen LogP) is 2.85. The van der Waals surface area contributed by atoms with E-state index in [2.05, 4.69) is 4.98 Å². The number of halogens is 3. The van der Waals surface area contributed by atoms with E-state index in [0.29, 0.717) is 5.39 Å². The minimum Gasteiger partial charge on any atom is -0.382 e. The summed E-state index contributed by atoms with van der Waals surface area (Å²) in [4.78, 5) is 3.96. The second-order valence-electron chi connectivity index (χ2n) is 3.97. The van der Waals surface area contributed by atoms with Gasteiger partial charge in [-0.25, -0.2) is 4.98 Å². The third kappa shape index (κ3) is 2.13. The molecule has 94 valence electrons. The third-order valence-corrected chi connectivity index (χ3v) is 2.62. The van der Waals surface area contributed by atoms with Gasteiger partial charge in [-0.15, -0.1) is 0 Å². The molecule has 0 spiro atoms. The largest absolute Gasteiger partial charge is 0.416 e. The molecular weight excluding hydrogens is 243 g/mol. The molecular formula is C12H10F3N3. The number of alkyl halides is 3. The minimum atomic E-state index is -4.41. The fourth-order valence-corrected chi connectivity index (χ4v) is 1.72. The van der Waals surface area contributed by atoms with Gasteiger partial charge in [0.1, 0.15) is 11.5 Å². The van der Waals surface area contributed by atoms with Crippen LogP contribution in [0.4, 0.5) is 13.2 Å². The van der Waals surface area contributed by atoms with Crippen LogP contribution in [-0.4, -0.2) is 10.8 Å². The molecule has 6 heteroatoms. The first-order valence-corrected chi connectivity index (χ1v) is 5.12. The van der Waals surface area contributed by atoms with Crippen molar-refractivity contribution in [3.05, 3.63) is 41.1 Å². The molecule has 1 heterocycles. The molecule has 0 aliphatic carbocycles. The average Bonchev–Trinajstić information content (AvgIpc) is 2.26. The summed E-state index contributed by atoms with van der Waals surface area (Å²) in [5.74, 6) is -0.266. The van der Waals surface area contributed by atoms with Crippen LogP contribution >= 0.6 is 0 Å². The second kappa shape index (κ2) is 3.97. The number of pyridine rings is 1. The molecule has 0 amide bonds. The smallest absolute Gasteiger partial charge is 0.382 e. The highest BCUT2D eigenvalue weighted by molar-refractivity contribution is 5.96. The maximum atomic E-state index is 12.6. The molecule has 1 aromatic carbocycles. The topological polar surface area (TPSA) is 62.8 Å². The average molecular weight is 253 g/mol. The van der Waals surface area contributed by atoms with Gasteiger partial charge >= 0.3 is 6.18 Å². The number of hydrogen-bond donors (Lipinski definition) is 2. The fraction of sp³-hybridized carbons (Fsp3) is 0.167. The van der Waals surface area contributed by atoms with Crippen LogP contribution in [0.15, 0.2) is 24.3 Å². The molecule has 0 saturated heterocycles. The number of rotatable bonds is 1. The zero-order valence-electron chi connectivity index (χ0n) is 9.47. The first-order valence-electron chi connectivity index (χ1n) is 5.12. The Morgan fingerprint density at radius 2 is 1.94 bits per heavy atom. The van der Waals surface area contributed by atoms with Crippen molar-refractivity contribution in [1.82, 2.24) is 4.98 Å². The van der Waals surface area contributed by atoms with Crippen LogP contribution in [0.1, 0.15) is 16.8 Å². The maximum absolute atomic E-state index is 12.6. The molecule has 18 heavy (non-hydrogen) atoms. The highest BCUT2D eigenvalue weighted by Gasteiger charge is 2.30. The van der Waals surface area contributed by atoms with E-state index in [0.717, 1.165) is 17.7 Å². The summed E-state index contributed by atoms with van der Waals surface area (Å²) in [6.45, 7) is 1.74. The summed E-state index contributed by atoms with van der Waals surface area (Å²) in [7, 11) is 0. The number of nitrogens with zero attached hydrogens (tertiary/aromatic N) is 1. The zero-order valence-corrected chi connectivity index (χ0v) is 9.47. The number of nitrogen functional groups attached to an aromatic ring is 1. The highest BCUT2D eigenvalue weighted by atomic mass is 19.4. The van der Waals surface area contributed by atoms with Crippen LogP contribution in [0.25, 0.3) is 10.9 Å². The van der Waals surface area contributed by atoms with Crippen molar-refractivity contribution in [2.75, 3.05) is 0 Å². The Hall–Kier alpha value is -2.11. The van der Waals surface area contributed by atoms with Crippen LogP contribution in [0.2, 0.25) is 0 Å². The maximum Gasteiger partial charge on any atom is 0.416 e. The molecule has 0 aliphatic heterocycles. The third-order valence-electron chi connectivity index (χ3n) is 2.62. The quantitative estimate of drug-likeness (QED) is 0.606. The number of aryl methyl sites for hydroxylation is 1. The van der Waals surface area contributed by atoms with Crippen molar-refractivity contribution in [2.24, 2.45) is 5.73 Å². The summed E-state index contributed by atoms with van der Waals surface area (Å²) in [5.41, 5.74) is 5.64. The van der Waals surface area contributed by atoms with Crippen LogP contribution < -0.4 is 5.73 Å². The van der Waals surface area contributed by atoms with E-state index in [9.17, 15) is 13.2 Å². The lowest BCUT2D eigenvalue weighted by Crippen LogP contribution is -2.13. The molecule has 0 bridgehead atoms. The van der Waals surface area contributed by atoms with Crippen molar-refractivity contribution < 1.29 is 13.2 Å². The lowest BCUT2D eigenvalue weighted by atomic mass is 10.1. The molecule has 1 aromatic heterocycles. The molecule has 3 nitrogen and oxygen atoms in total. The lowest BCUT2D eigenvalue weighted by Gasteiger charge is -2.09. The van der Waals surface area contributed by atoms with Crippen molar-refractivity contribution in [2.45, 2.75) is 13.1 Å². The van der Waals surface area contributed by atoms with E-state index < -0.39 is 11.7 Å². The SMILES string of the molecule is Cc1cc(C(=N)N)nc2cc(C(F)(F)F)ccc12. The van der Waals surface area contributed by atoms with Crippen LogP contribution in [0.5, 0.6) is 0 Å². The monoisotopic (exact) mass is 253 g/mol. The van der Waals surface area contributed by atoms with Gasteiger partial charge in [0.2, 0.25) is 0 Å². The Morgan fingerprint density at radius 1 is 1.28 bits per heavy atom. The number of hydrogen-bond acceptors (Lipinski definition) is 2. The van der Waals surface area contributed by atoms with Crippen molar-refractivity contribution in [1.29, 1.82) is 5.41 Å². The van der Waals surface area contributed by atoms with Crippen LogP contribution in [0.3, 0.4) is 0 Å². The highest BCUT2D eigenvalue weighted by Crippen LogP contribution is 2.31. The predicted molar refractivity (Wildman–Crippen MR) is 62.5 cm³/mol. The van der Waals surface area contributed by atoms with Crippen molar-refractivity contribution >= 4 is 16.7 Å². The minimum absolute atomic E-state index is 0.180. The van der Waals surface area contributed by atoms with E-state index in [4.69, 9.17) is 11.1 Å². The van der Waals surface area contributed by atoms with E-state index in [1.54, 1.807) is 13.0 Å². The summed E-state index contributed by atoms with van der Waals surface area (Å²) >= 11 is 0. The number of nitrogens with two attached hydrogens (primary N) is 1.